The van der Waals surface area contributed by atoms with Gasteiger partial charge in [-0.1, -0.05) is 43.0 Å². The number of hydrogen-bond donors (Lipinski definition) is 1. The van der Waals surface area contributed by atoms with Gasteiger partial charge in [-0.3, -0.25) is 4.79 Å². The molecule has 1 atom stereocenters. The summed E-state index contributed by atoms with van der Waals surface area (Å²) in [5, 5.41) is 2.62. The molecule has 1 N–H and O–H groups in total. The minimum atomic E-state index is -0.769. The minimum Gasteiger partial charge on any atom is -0.459 e. The van der Waals surface area contributed by atoms with Gasteiger partial charge in [0.2, 0.25) is 12.7 Å². The molecule has 140 valence electrons. The Labute approximate surface area is 157 Å². The van der Waals surface area contributed by atoms with Crippen LogP contribution in [0.5, 0.6) is 11.5 Å². The highest BCUT2D eigenvalue weighted by molar-refractivity contribution is 5.95. The van der Waals surface area contributed by atoms with E-state index in [9.17, 15) is 9.59 Å². The molecule has 0 saturated heterocycles. The van der Waals surface area contributed by atoms with E-state index >= 15 is 0 Å². The number of ether oxygens (including phenoxy) is 3. The number of fused-ring (bicyclic) bond motifs is 1. The van der Waals surface area contributed by atoms with Crippen molar-refractivity contribution in [2.75, 3.05) is 6.79 Å². The van der Waals surface area contributed by atoms with E-state index in [1.807, 2.05) is 42.5 Å². The highest BCUT2D eigenvalue weighted by Crippen LogP contribution is 2.32. The summed E-state index contributed by atoms with van der Waals surface area (Å²) in [6.45, 7) is 5.76. The van der Waals surface area contributed by atoms with Crippen molar-refractivity contribution in [2.45, 2.75) is 26.0 Å². The second-order valence-electron chi connectivity index (χ2n) is 6.26. The summed E-state index contributed by atoms with van der Waals surface area (Å²) in [5.41, 5.74) is 2.10. The fourth-order valence-electron chi connectivity index (χ4n) is 2.59. The molecule has 0 saturated carbocycles. The van der Waals surface area contributed by atoms with Gasteiger partial charge in [0.1, 0.15) is 12.6 Å². The molecule has 3 rings (SSSR count). The fourth-order valence-corrected chi connectivity index (χ4v) is 2.59. The molecule has 6 heteroatoms. The van der Waals surface area contributed by atoms with Crippen LogP contribution in [0.4, 0.5) is 0 Å². The average Bonchev–Trinajstić information content (AvgIpc) is 3.14. The van der Waals surface area contributed by atoms with Crippen LogP contribution in [-0.4, -0.2) is 24.7 Å². The zero-order valence-electron chi connectivity index (χ0n) is 15.1. The molecule has 0 aromatic heterocycles. The third-order valence-electron chi connectivity index (χ3n) is 4.10. The lowest BCUT2D eigenvalue weighted by Gasteiger charge is -2.14. The number of nitrogens with one attached hydrogen (secondary N) is 1. The summed E-state index contributed by atoms with van der Waals surface area (Å²) >= 11 is 0. The van der Waals surface area contributed by atoms with Crippen molar-refractivity contribution in [3.8, 4) is 11.5 Å². The monoisotopic (exact) mass is 367 g/mol. The molecule has 0 aliphatic carbocycles. The maximum absolute atomic E-state index is 12.3. The van der Waals surface area contributed by atoms with Gasteiger partial charge in [0.15, 0.2) is 11.5 Å². The number of carbonyl (C=O) groups excluding carboxylic acids is 2. The second kappa shape index (κ2) is 8.40. The van der Waals surface area contributed by atoms with Gasteiger partial charge in [-0.05, 0) is 30.2 Å². The number of carbonyl (C=O) groups is 2. The second-order valence-corrected chi connectivity index (χ2v) is 6.26. The van der Waals surface area contributed by atoms with E-state index in [0.29, 0.717) is 23.5 Å². The fraction of sp³-hybridized carbons (Fsp3) is 0.238. The number of benzene rings is 2. The third-order valence-corrected chi connectivity index (χ3v) is 4.10. The van der Waals surface area contributed by atoms with Crippen molar-refractivity contribution in [3.05, 3.63) is 71.8 Å². The van der Waals surface area contributed by atoms with Crippen LogP contribution in [0.3, 0.4) is 0 Å². The molecule has 2 aromatic rings. The van der Waals surface area contributed by atoms with Gasteiger partial charge < -0.3 is 19.5 Å². The summed E-state index contributed by atoms with van der Waals surface area (Å²) in [4.78, 5) is 24.4. The molecule has 27 heavy (non-hydrogen) atoms. The lowest BCUT2D eigenvalue weighted by atomic mass is 10.0. The van der Waals surface area contributed by atoms with Gasteiger partial charge in [0.05, 0.1) is 0 Å². The first-order valence-electron chi connectivity index (χ1n) is 8.60. The Morgan fingerprint density at radius 1 is 1.11 bits per heavy atom. The maximum Gasteiger partial charge on any atom is 0.328 e. The summed E-state index contributed by atoms with van der Waals surface area (Å²) < 4.78 is 15.8. The smallest absolute Gasteiger partial charge is 0.328 e. The van der Waals surface area contributed by atoms with Crippen LogP contribution < -0.4 is 14.8 Å². The Morgan fingerprint density at radius 3 is 2.63 bits per heavy atom. The van der Waals surface area contributed by atoms with Crippen molar-refractivity contribution in [3.63, 3.8) is 0 Å². The predicted octanol–water partition coefficient (Wildman–Crippen LogP) is 2.76. The van der Waals surface area contributed by atoms with Gasteiger partial charge >= 0.3 is 5.97 Å². The molecular formula is C21H21NO5. The van der Waals surface area contributed by atoms with Crippen LogP contribution in [0.1, 0.15) is 18.1 Å². The van der Waals surface area contributed by atoms with Crippen LogP contribution in [-0.2, 0) is 27.4 Å². The summed E-state index contributed by atoms with van der Waals surface area (Å²) in [5.74, 6) is 0.446. The van der Waals surface area contributed by atoms with E-state index < -0.39 is 17.9 Å². The van der Waals surface area contributed by atoms with E-state index in [4.69, 9.17) is 14.2 Å². The van der Waals surface area contributed by atoms with Gasteiger partial charge in [-0.2, -0.15) is 0 Å². The normalized spacial score (nSPS) is 12.9. The number of amides is 1. The molecule has 0 spiro atoms. The Morgan fingerprint density at radius 2 is 1.85 bits per heavy atom. The van der Waals surface area contributed by atoms with E-state index in [-0.39, 0.29) is 13.4 Å². The zero-order chi connectivity index (χ0) is 19.2. The quantitative estimate of drug-likeness (QED) is 0.602. The third kappa shape index (κ3) is 4.88. The summed E-state index contributed by atoms with van der Waals surface area (Å²) in [6, 6.07) is 14.1. The summed E-state index contributed by atoms with van der Waals surface area (Å²) in [7, 11) is 0. The van der Waals surface area contributed by atoms with Crippen LogP contribution in [0.2, 0.25) is 0 Å². The predicted molar refractivity (Wildman–Crippen MR) is 99.3 cm³/mol. The number of rotatable bonds is 7. The van der Waals surface area contributed by atoms with Gasteiger partial charge in [-0.25, -0.2) is 4.79 Å². The molecule has 0 unspecified atom stereocenters. The van der Waals surface area contributed by atoms with Gasteiger partial charge in [-0.15, -0.1) is 0 Å². The topological polar surface area (TPSA) is 73.9 Å². The van der Waals surface area contributed by atoms with Crippen molar-refractivity contribution in [1.29, 1.82) is 0 Å². The molecule has 2 aromatic carbocycles. The van der Waals surface area contributed by atoms with E-state index in [1.54, 1.807) is 13.0 Å². The maximum atomic E-state index is 12.3. The van der Waals surface area contributed by atoms with Crippen LogP contribution in [0, 0.1) is 0 Å². The Bertz CT molecular complexity index is 847. The average molecular weight is 367 g/mol. The molecule has 1 heterocycles. The SMILES string of the molecule is C=C(Cc1ccc2c(c1)OCO2)C(=O)N[C@@H](C)C(=O)OCc1ccccc1. The highest BCUT2D eigenvalue weighted by Gasteiger charge is 2.20. The first-order valence-corrected chi connectivity index (χ1v) is 8.60. The van der Waals surface area contributed by atoms with Crippen molar-refractivity contribution < 1.29 is 23.8 Å². The molecule has 0 fully saturated rings. The first-order chi connectivity index (χ1) is 13.0. The Kier molecular flexibility index (Phi) is 5.76. The molecule has 0 radical (unpaired) electrons. The minimum absolute atomic E-state index is 0.165. The van der Waals surface area contributed by atoms with Gasteiger partial charge in [0, 0.05) is 12.0 Å². The van der Waals surface area contributed by atoms with E-state index in [2.05, 4.69) is 11.9 Å². The lowest BCUT2D eigenvalue weighted by Crippen LogP contribution is -2.40. The molecule has 1 amide bonds. The molecule has 1 aliphatic heterocycles. The van der Waals surface area contributed by atoms with Crippen molar-refractivity contribution in [2.24, 2.45) is 0 Å². The van der Waals surface area contributed by atoms with Gasteiger partial charge in [0.25, 0.3) is 0 Å². The largest absolute Gasteiger partial charge is 0.459 e. The zero-order valence-corrected chi connectivity index (χ0v) is 15.1. The molecule has 0 bridgehead atoms. The molecule has 1 aliphatic rings. The van der Waals surface area contributed by atoms with Crippen LogP contribution >= 0.6 is 0 Å². The van der Waals surface area contributed by atoms with E-state index in [1.165, 1.54) is 0 Å². The molecular weight excluding hydrogens is 346 g/mol. The highest BCUT2D eigenvalue weighted by atomic mass is 16.7. The number of hydrogen-bond acceptors (Lipinski definition) is 5. The Hall–Kier alpha value is -3.28. The van der Waals surface area contributed by atoms with Crippen molar-refractivity contribution >= 4 is 11.9 Å². The number of esters is 1. The molecule has 6 nitrogen and oxygen atoms in total. The van der Waals surface area contributed by atoms with Crippen LogP contribution in [0.25, 0.3) is 0 Å². The summed E-state index contributed by atoms with van der Waals surface area (Å²) in [6.07, 6.45) is 0.342. The first kappa shape index (κ1) is 18.5. The van der Waals surface area contributed by atoms with E-state index in [0.717, 1.165) is 11.1 Å². The Balaban J connectivity index is 1.48. The van der Waals surface area contributed by atoms with Crippen LogP contribution in [0.15, 0.2) is 60.7 Å². The standard InChI is InChI=1S/C21H21NO5/c1-14(10-17-8-9-18-19(11-17)27-13-26-18)20(23)22-15(2)21(24)25-12-16-6-4-3-5-7-16/h3-9,11,15H,1,10,12-13H2,2H3,(H,22,23)/t15-/m0/s1. The lowest BCUT2D eigenvalue weighted by molar-refractivity contribution is -0.148. The van der Waals surface area contributed by atoms with Crippen molar-refractivity contribution in [1.82, 2.24) is 5.32 Å².